The summed E-state index contributed by atoms with van der Waals surface area (Å²) in [5, 5.41) is 1.57. The minimum Gasteiger partial charge on any atom is -0.468 e. The number of hydrogen-bond acceptors (Lipinski definition) is 6. The van der Waals surface area contributed by atoms with Crippen LogP contribution in [-0.4, -0.2) is 66.7 Å². The van der Waals surface area contributed by atoms with Crippen molar-refractivity contribution in [3.63, 3.8) is 0 Å². The Morgan fingerprint density at radius 1 is 1.17 bits per heavy atom. The molecular weight excluding hydrogens is 322 g/mol. The molecule has 0 saturated carbocycles. The van der Waals surface area contributed by atoms with Crippen LogP contribution in [0.25, 0.3) is 0 Å². The lowest BCUT2D eigenvalue weighted by Crippen LogP contribution is -2.50. The molecule has 2 rings (SSSR count). The molecule has 0 aromatic carbocycles. The molecular formula is C16H26F2N2O4. The molecule has 2 aliphatic heterocycles. The maximum absolute atomic E-state index is 13.7. The van der Waals surface area contributed by atoms with Gasteiger partial charge in [-0.1, -0.05) is 0 Å². The maximum Gasteiger partial charge on any atom is 0.330 e. The van der Waals surface area contributed by atoms with E-state index in [0.717, 1.165) is 0 Å². The summed E-state index contributed by atoms with van der Waals surface area (Å²) in [4.78, 5) is 30.6. The van der Waals surface area contributed by atoms with Crippen molar-refractivity contribution in [3.8, 4) is 0 Å². The van der Waals surface area contributed by atoms with Crippen LogP contribution in [0.3, 0.4) is 0 Å². The van der Waals surface area contributed by atoms with Gasteiger partial charge in [0.15, 0.2) is 0 Å². The average Bonchev–Trinajstić information content (AvgIpc) is 2.82. The van der Waals surface area contributed by atoms with Gasteiger partial charge in [0, 0.05) is 25.6 Å². The van der Waals surface area contributed by atoms with Crippen molar-refractivity contribution in [2.45, 2.75) is 58.0 Å². The van der Waals surface area contributed by atoms with Gasteiger partial charge >= 0.3 is 11.9 Å². The second kappa shape index (κ2) is 6.92. The highest BCUT2D eigenvalue weighted by atomic mass is 19.3. The number of carbonyl (C=O) groups excluding carboxylic acids is 2. The van der Waals surface area contributed by atoms with Crippen molar-refractivity contribution >= 4 is 11.9 Å². The number of alkyl halides is 2. The van der Waals surface area contributed by atoms with Gasteiger partial charge in [-0.2, -0.15) is 0 Å². The van der Waals surface area contributed by atoms with Gasteiger partial charge in [-0.3, -0.25) is 9.69 Å². The number of likely N-dealkylation sites (tertiary alicyclic amines) is 1. The summed E-state index contributed by atoms with van der Waals surface area (Å²) in [6.45, 7) is 5.81. The fourth-order valence-electron chi connectivity index (χ4n) is 3.10. The standard InChI is InChI=1S/C16H26F2N2O4/c1-15(2,3)14(22)24-19-7-5-11(6-8-19)20-10-16(17,18)9-12(20)13(21)23-4/h11-12H,5-10H2,1-4H3/t12-/m1/s1. The molecule has 1 atom stereocenters. The molecule has 6 nitrogen and oxygen atoms in total. The van der Waals surface area contributed by atoms with E-state index in [9.17, 15) is 18.4 Å². The Morgan fingerprint density at radius 2 is 1.75 bits per heavy atom. The number of halogens is 2. The summed E-state index contributed by atoms with van der Waals surface area (Å²) in [6.07, 6.45) is 0.612. The Morgan fingerprint density at radius 3 is 2.25 bits per heavy atom. The third-order valence-electron chi connectivity index (χ3n) is 4.50. The lowest BCUT2D eigenvalue weighted by Gasteiger charge is -2.37. The van der Waals surface area contributed by atoms with E-state index < -0.39 is 36.3 Å². The molecule has 0 aromatic heterocycles. The van der Waals surface area contributed by atoms with Gasteiger partial charge in [0.05, 0.1) is 19.1 Å². The smallest absolute Gasteiger partial charge is 0.330 e. The highest BCUT2D eigenvalue weighted by molar-refractivity contribution is 5.76. The first-order valence-corrected chi connectivity index (χ1v) is 8.22. The first kappa shape index (κ1) is 19.1. The van der Waals surface area contributed by atoms with Crippen LogP contribution in [0.2, 0.25) is 0 Å². The molecule has 2 saturated heterocycles. The molecule has 2 aliphatic rings. The Kier molecular flexibility index (Phi) is 5.49. The number of rotatable bonds is 3. The monoisotopic (exact) mass is 348 g/mol. The molecule has 2 fully saturated rings. The van der Waals surface area contributed by atoms with Gasteiger partial charge in [-0.15, -0.1) is 5.06 Å². The normalized spacial score (nSPS) is 26.3. The summed E-state index contributed by atoms with van der Waals surface area (Å²) in [7, 11) is 1.21. The van der Waals surface area contributed by atoms with Crippen molar-refractivity contribution in [2.75, 3.05) is 26.7 Å². The van der Waals surface area contributed by atoms with Crippen molar-refractivity contribution in [3.05, 3.63) is 0 Å². The molecule has 138 valence electrons. The second-order valence-electron chi connectivity index (χ2n) is 7.56. The average molecular weight is 348 g/mol. The SMILES string of the molecule is COC(=O)[C@H]1CC(F)(F)CN1C1CCN(OC(=O)C(C)(C)C)CC1. The number of ether oxygens (including phenoxy) is 1. The highest BCUT2D eigenvalue weighted by Gasteiger charge is 2.51. The minimum absolute atomic E-state index is 0.146. The number of hydroxylamine groups is 2. The zero-order chi connectivity index (χ0) is 18.1. The molecule has 0 amide bonds. The Labute approximate surface area is 141 Å². The van der Waals surface area contributed by atoms with E-state index in [1.165, 1.54) is 7.11 Å². The molecule has 8 heteroatoms. The van der Waals surface area contributed by atoms with E-state index in [0.29, 0.717) is 25.9 Å². The molecule has 0 unspecified atom stereocenters. The number of hydrogen-bond donors (Lipinski definition) is 0. The predicted molar refractivity (Wildman–Crippen MR) is 82.2 cm³/mol. The lowest BCUT2D eigenvalue weighted by atomic mass is 9.97. The molecule has 0 bridgehead atoms. The first-order valence-electron chi connectivity index (χ1n) is 8.22. The van der Waals surface area contributed by atoms with Crippen molar-refractivity contribution in [2.24, 2.45) is 5.41 Å². The molecule has 0 N–H and O–H groups in total. The Hall–Kier alpha value is -1.28. The van der Waals surface area contributed by atoms with Gasteiger partial charge in [-0.05, 0) is 33.6 Å². The van der Waals surface area contributed by atoms with Crippen LogP contribution < -0.4 is 0 Å². The number of nitrogens with zero attached hydrogens (tertiary/aromatic N) is 2. The van der Waals surface area contributed by atoms with E-state index in [1.807, 2.05) is 0 Å². The summed E-state index contributed by atoms with van der Waals surface area (Å²) in [6, 6.07) is -1.05. The van der Waals surface area contributed by atoms with Crippen LogP contribution in [0.4, 0.5) is 8.78 Å². The Bertz CT molecular complexity index is 485. The van der Waals surface area contributed by atoms with Crippen LogP contribution in [0.15, 0.2) is 0 Å². The summed E-state index contributed by atoms with van der Waals surface area (Å²) < 4.78 is 32.2. The van der Waals surface area contributed by atoms with Crippen LogP contribution >= 0.6 is 0 Å². The van der Waals surface area contributed by atoms with Crippen molar-refractivity contribution in [1.29, 1.82) is 0 Å². The molecule has 0 radical (unpaired) electrons. The van der Waals surface area contributed by atoms with Gasteiger partial charge in [0.2, 0.25) is 0 Å². The fourth-order valence-corrected chi connectivity index (χ4v) is 3.10. The maximum atomic E-state index is 13.7. The first-order chi connectivity index (χ1) is 11.0. The quantitative estimate of drug-likeness (QED) is 0.726. The van der Waals surface area contributed by atoms with Crippen molar-refractivity contribution < 1.29 is 27.9 Å². The third kappa shape index (κ3) is 4.42. The van der Waals surface area contributed by atoms with E-state index >= 15 is 0 Å². The molecule has 0 aliphatic carbocycles. The third-order valence-corrected chi connectivity index (χ3v) is 4.50. The zero-order valence-electron chi connectivity index (χ0n) is 14.7. The molecule has 0 aromatic rings. The van der Waals surface area contributed by atoms with Crippen LogP contribution in [0.1, 0.15) is 40.0 Å². The molecule has 2 heterocycles. The highest BCUT2D eigenvalue weighted by Crippen LogP contribution is 2.36. The van der Waals surface area contributed by atoms with E-state index in [2.05, 4.69) is 4.74 Å². The van der Waals surface area contributed by atoms with Gasteiger partial charge in [-0.25, -0.2) is 13.6 Å². The van der Waals surface area contributed by atoms with Gasteiger partial charge in [0.1, 0.15) is 6.04 Å². The van der Waals surface area contributed by atoms with E-state index in [1.54, 1.807) is 30.7 Å². The summed E-state index contributed by atoms with van der Waals surface area (Å²) in [5.74, 6) is -3.82. The number of carbonyl (C=O) groups is 2. The minimum atomic E-state index is -2.88. The zero-order valence-corrected chi connectivity index (χ0v) is 14.7. The number of piperidine rings is 1. The van der Waals surface area contributed by atoms with E-state index in [-0.39, 0.29) is 12.0 Å². The lowest BCUT2D eigenvalue weighted by molar-refractivity contribution is -0.206. The molecule has 24 heavy (non-hydrogen) atoms. The van der Waals surface area contributed by atoms with Crippen LogP contribution in [0, 0.1) is 5.41 Å². The van der Waals surface area contributed by atoms with Gasteiger partial charge in [0.25, 0.3) is 5.92 Å². The number of esters is 1. The van der Waals surface area contributed by atoms with E-state index in [4.69, 9.17) is 4.84 Å². The van der Waals surface area contributed by atoms with Gasteiger partial charge < -0.3 is 9.57 Å². The fraction of sp³-hybridized carbons (Fsp3) is 0.875. The summed E-state index contributed by atoms with van der Waals surface area (Å²) in [5.41, 5.74) is -0.593. The topological polar surface area (TPSA) is 59.1 Å². The van der Waals surface area contributed by atoms with Crippen molar-refractivity contribution in [1.82, 2.24) is 9.96 Å². The Balaban J connectivity index is 1.93. The summed E-state index contributed by atoms with van der Waals surface area (Å²) >= 11 is 0. The largest absolute Gasteiger partial charge is 0.468 e. The van der Waals surface area contributed by atoms with Crippen LogP contribution in [-0.2, 0) is 19.2 Å². The van der Waals surface area contributed by atoms with Crippen LogP contribution in [0.5, 0.6) is 0 Å². The molecule has 0 spiro atoms. The number of methoxy groups -OCH3 is 1. The second-order valence-corrected chi connectivity index (χ2v) is 7.56. The predicted octanol–water partition coefficient (Wildman–Crippen LogP) is 1.84.